The van der Waals surface area contributed by atoms with Gasteiger partial charge in [-0.2, -0.15) is 0 Å². The van der Waals surface area contributed by atoms with Crippen LogP contribution in [0.3, 0.4) is 0 Å². The van der Waals surface area contributed by atoms with Crippen molar-refractivity contribution in [2.45, 2.75) is 6.54 Å². The highest BCUT2D eigenvalue weighted by Gasteiger charge is 2.13. The number of rotatable bonds is 3. The van der Waals surface area contributed by atoms with Crippen molar-refractivity contribution in [1.82, 2.24) is 0 Å². The zero-order valence-electron chi connectivity index (χ0n) is 12.5. The van der Waals surface area contributed by atoms with Crippen molar-refractivity contribution in [3.63, 3.8) is 0 Å². The number of nitrogens with zero attached hydrogens (tertiary/aromatic N) is 3. The highest BCUT2D eigenvalue weighted by atomic mass is 16.4. The Morgan fingerprint density at radius 1 is 1.04 bits per heavy atom. The second kappa shape index (κ2) is 5.61. The lowest BCUT2D eigenvalue weighted by Crippen LogP contribution is -1.99. The fraction of sp³-hybridized carbons (Fsp3) is 0.0556. The monoisotopic (exact) mass is 317 g/mol. The normalized spacial score (nSPS) is 10.8. The molecule has 2 aromatic carbocycles. The maximum absolute atomic E-state index is 11.7. The molecule has 4 rings (SSSR count). The van der Waals surface area contributed by atoms with Gasteiger partial charge in [0.1, 0.15) is 11.2 Å². The van der Waals surface area contributed by atoms with Crippen molar-refractivity contribution in [2.75, 3.05) is 0 Å². The summed E-state index contributed by atoms with van der Waals surface area (Å²) in [5, 5.41) is 5.20. The van der Waals surface area contributed by atoms with Crippen LogP contribution in [-0.2, 0) is 6.54 Å². The van der Waals surface area contributed by atoms with E-state index in [0.29, 0.717) is 16.7 Å². The molecule has 6 heteroatoms. The van der Waals surface area contributed by atoms with E-state index in [2.05, 4.69) is 10.0 Å². The van der Waals surface area contributed by atoms with Gasteiger partial charge in [-0.1, -0.05) is 35.4 Å². The molecule has 0 bridgehead atoms. The Bertz CT molecular complexity index is 1150. The molecule has 0 radical (unpaired) electrons. The molecule has 0 unspecified atom stereocenters. The fourth-order valence-electron chi connectivity index (χ4n) is 2.83. The summed E-state index contributed by atoms with van der Waals surface area (Å²) in [5.74, 6) is 0. The predicted molar refractivity (Wildman–Crippen MR) is 90.5 cm³/mol. The molecule has 116 valence electrons. The van der Waals surface area contributed by atoms with E-state index >= 15 is 0 Å². The SMILES string of the molecule is [N-]=[N+]=NCc1cc(=O)oc2cc3occ(-c4ccccc4)c3cc12. The van der Waals surface area contributed by atoms with Crippen LogP contribution < -0.4 is 5.63 Å². The Morgan fingerprint density at radius 2 is 1.88 bits per heavy atom. The first-order valence-corrected chi connectivity index (χ1v) is 7.30. The quantitative estimate of drug-likeness (QED) is 0.230. The zero-order chi connectivity index (χ0) is 16.5. The van der Waals surface area contributed by atoms with Gasteiger partial charge in [0.05, 0.1) is 12.8 Å². The summed E-state index contributed by atoms with van der Waals surface area (Å²) in [4.78, 5) is 14.5. The molecular formula is C18H11N3O3. The molecule has 0 aliphatic heterocycles. The van der Waals surface area contributed by atoms with Crippen LogP contribution >= 0.6 is 0 Å². The Kier molecular flexibility index (Phi) is 3.30. The largest absolute Gasteiger partial charge is 0.464 e. The van der Waals surface area contributed by atoms with Crippen LogP contribution in [0.5, 0.6) is 0 Å². The maximum atomic E-state index is 11.7. The van der Waals surface area contributed by atoms with E-state index in [1.54, 1.807) is 12.3 Å². The lowest BCUT2D eigenvalue weighted by Gasteiger charge is -2.04. The van der Waals surface area contributed by atoms with Gasteiger partial charge in [-0.3, -0.25) is 0 Å². The Morgan fingerprint density at radius 3 is 2.67 bits per heavy atom. The average Bonchev–Trinajstić information content (AvgIpc) is 3.01. The highest BCUT2D eigenvalue weighted by molar-refractivity contribution is 6.02. The first-order valence-electron chi connectivity index (χ1n) is 7.30. The zero-order valence-corrected chi connectivity index (χ0v) is 12.5. The van der Waals surface area contributed by atoms with Crippen LogP contribution in [0, 0.1) is 0 Å². The van der Waals surface area contributed by atoms with Gasteiger partial charge in [-0.05, 0) is 22.7 Å². The lowest BCUT2D eigenvalue weighted by atomic mass is 10.0. The van der Waals surface area contributed by atoms with Crippen LogP contribution in [0.15, 0.2) is 73.5 Å². The van der Waals surface area contributed by atoms with E-state index in [1.165, 1.54) is 6.07 Å². The number of hydrogen-bond donors (Lipinski definition) is 0. The van der Waals surface area contributed by atoms with Gasteiger partial charge in [-0.25, -0.2) is 4.79 Å². The molecule has 0 spiro atoms. The van der Waals surface area contributed by atoms with Crippen LogP contribution in [0.2, 0.25) is 0 Å². The third-order valence-corrected chi connectivity index (χ3v) is 3.91. The van der Waals surface area contributed by atoms with Crippen LogP contribution in [0.25, 0.3) is 43.5 Å². The summed E-state index contributed by atoms with van der Waals surface area (Å²) in [6.45, 7) is 0.0859. The molecule has 0 atom stereocenters. The van der Waals surface area contributed by atoms with Gasteiger partial charge < -0.3 is 8.83 Å². The molecule has 2 heterocycles. The predicted octanol–water partition coefficient (Wildman–Crippen LogP) is 5.02. The van der Waals surface area contributed by atoms with Gasteiger partial charge in [-0.15, -0.1) is 0 Å². The van der Waals surface area contributed by atoms with Crippen LogP contribution in [0.1, 0.15) is 5.56 Å². The fourth-order valence-corrected chi connectivity index (χ4v) is 2.83. The minimum Gasteiger partial charge on any atom is -0.464 e. The summed E-state index contributed by atoms with van der Waals surface area (Å²) < 4.78 is 10.9. The van der Waals surface area contributed by atoms with Gasteiger partial charge in [0.15, 0.2) is 0 Å². The molecule has 0 aliphatic rings. The summed E-state index contributed by atoms with van der Waals surface area (Å²) in [6.07, 6.45) is 1.68. The highest BCUT2D eigenvalue weighted by Crippen LogP contribution is 2.34. The Balaban J connectivity index is 2.02. The smallest absolute Gasteiger partial charge is 0.336 e. The molecule has 0 saturated carbocycles. The Hall–Kier alpha value is -3.50. The van der Waals surface area contributed by atoms with Gasteiger partial charge in [0, 0.05) is 33.4 Å². The minimum atomic E-state index is -0.486. The molecule has 0 amide bonds. The standard InChI is InChI=1S/C18H11N3O3/c19-21-20-9-12-6-18(22)24-17-8-16-14(7-13(12)17)15(10-23-16)11-4-2-1-3-5-11/h1-8,10H,9H2. The second-order valence-corrected chi connectivity index (χ2v) is 5.34. The summed E-state index contributed by atoms with van der Waals surface area (Å²) >= 11 is 0. The topological polar surface area (TPSA) is 92.1 Å². The molecule has 0 N–H and O–H groups in total. The van der Waals surface area contributed by atoms with Crippen molar-refractivity contribution < 1.29 is 8.83 Å². The molecule has 0 saturated heterocycles. The molecule has 0 fully saturated rings. The van der Waals surface area contributed by atoms with Crippen LogP contribution in [-0.4, -0.2) is 0 Å². The number of hydrogen-bond acceptors (Lipinski definition) is 4. The van der Waals surface area contributed by atoms with Crippen molar-refractivity contribution in [2.24, 2.45) is 5.11 Å². The van der Waals surface area contributed by atoms with E-state index in [4.69, 9.17) is 14.4 Å². The van der Waals surface area contributed by atoms with E-state index in [-0.39, 0.29) is 6.54 Å². The first-order chi connectivity index (χ1) is 11.8. The van der Waals surface area contributed by atoms with Crippen molar-refractivity contribution in [3.05, 3.63) is 81.2 Å². The molecular weight excluding hydrogens is 306 g/mol. The summed E-state index contributed by atoms with van der Waals surface area (Å²) in [6, 6.07) is 14.8. The molecule has 2 aromatic heterocycles. The van der Waals surface area contributed by atoms with Gasteiger partial charge >= 0.3 is 5.63 Å². The van der Waals surface area contributed by atoms with E-state index < -0.39 is 5.63 Å². The number of azide groups is 1. The third-order valence-electron chi connectivity index (χ3n) is 3.91. The van der Waals surface area contributed by atoms with E-state index in [0.717, 1.165) is 21.9 Å². The summed E-state index contributed by atoms with van der Waals surface area (Å²) in [5.41, 5.74) is 11.7. The minimum absolute atomic E-state index is 0.0859. The molecule has 4 aromatic rings. The van der Waals surface area contributed by atoms with Crippen molar-refractivity contribution in [1.29, 1.82) is 0 Å². The number of benzene rings is 2. The number of fused-ring (bicyclic) bond motifs is 2. The first kappa shape index (κ1) is 14.1. The van der Waals surface area contributed by atoms with Gasteiger partial charge in [0.25, 0.3) is 0 Å². The molecule has 6 nitrogen and oxygen atoms in total. The van der Waals surface area contributed by atoms with Crippen LogP contribution in [0.4, 0.5) is 0 Å². The second-order valence-electron chi connectivity index (χ2n) is 5.34. The van der Waals surface area contributed by atoms with E-state index in [9.17, 15) is 4.79 Å². The third kappa shape index (κ3) is 2.31. The lowest BCUT2D eigenvalue weighted by molar-refractivity contribution is 0.557. The molecule has 0 aliphatic carbocycles. The van der Waals surface area contributed by atoms with Crippen molar-refractivity contribution >= 4 is 21.9 Å². The maximum Gasteiger partial charge on any atom is 0.336 e. The average molecular weight is 317 g/mol. The number of furan rings is 1. The molecule has 24 heavy (non-hydrogen) atoms. The van der Waals surface area contributed by atoms with Gasteiger partial charge in [0.2, 0.25) is 0 Å². The Labute approximate surface area is 135 Å². The van der Waals surface area contributed by atoms with E-state index in [1.807, 2.05) is 36.4 Å². The van der Waals surface area contributed by atoms with Crippen molar-refractivity contribution in [3.8, 4) is 11.1 Å². The summed E-state index contributed by atoms with van der Waals surface area (Å²) in [7, 11) is 0.